The molecule has 0 N–H and O–H groups in total. The molecular weight excluding hydrogens is 502 g/mol. The number of alkyl halides is 3. The highest BCUT2D eigenvalue weighted by atomic mass is 35.5. The van der Waals surface area contributed by atoms with Gasteiger partial charge in [0.05, 0.1) is 22.8 Å². The second kappa shape index (κ2) is 8.89. The molecule has 0 radical (unpaired) electrons. The Kier molecular flexibility index (Phi) is 5.98. The maximum Gasteiger partial charge on any atom is 0.451 e. The monoisotopic (exact) mass is 521 g/mol. The van der Waals surface area contributed by atoms with Gasteiger partial charge in [0.25, 0.3) is 0 Å². The molecule has 36 heavy (non-hydrogen) atoms. The third-order valence-electron chi connectivity index (χ3n) is 6.88. The highest BCUT2D eigenvalue weighted by molar-refractivity contribution is 6.31. The zero-order valence-corrected chi connectivity index (χ0v) is 19.8. The average molecular weight is 522 g/mol. The molecule has 4 heterocycles. The summed E-state index contributed by atoms with van der Waals surface area (Å²) in [6.07, 6.45) is -2.83. The number of rotatable bonds is 2. The molecule has 5 rings (SSSR count). The number of hydrogen-bond donors (Lipinski definition) is 0. The number of pyridine rings is 1. The van der Waals surface area contributed by atoms with Gasteiger partial charge in [-0.3, -0.25) is 9.78 Å². The van der Waals surface area contributed by atoms with Crippen LogP contribution in [0.2, 0.25) is 5.02 Å². The molecule has 8 nitrogen and oxygen atoms in total. The maximum atomic E-state index is 14.6. The lowest BCUT2D eigenvalue weighted by Crippen LogP contribution is -2.49. The quantitative estimate of drug-likeness (QED) is 0.473. The van der Waals surface area contributed by atoms with E-state index in [1.807, 2.05) is 11.8 Å². The predicted octanol–water partition coefficient (Wildman–Crippen LogP) is 4.01. The van der Waals surface area contributed by atoms with Gasteiger partial charge in [-0.05, 0) is 24.5 Å². The molecule has 1 saturated heterocycles. The van der Waals surface area contributed by atoms with Crippen LogP contribution in [0.15, 0.2) is 18.3 Å². The Morgan fingerprint density at radius 2 is 2.00 bits per heavy atom. The smallest absolute Gasteiger partial charge is 0.370 e. The van der Waals surface area contributed by atoms with Gasteiger partial charge in [-0.1, -0.05) is 18.5 Å². The van der Waals surface area contributed by atoms with E-state index in [0.717, 1.165) is 4.57 Å². The molecule has 3 aromatic rings. The number of nitriles is 1. The Morgan fingerprint density at radius 3 is 2.69 bits per heavy atom. The third-order valence-corrected chi connectivity index (χ3v) is 7.17. The summed E-state index contributed by atoms with van der Waals surface area (Å²) >= 11 is 5.90. The second-order valence-corrected chi connectivity index (χ2v) is 9.46. The first-order chi connectivity index (χ1) is 17.1. The Labute approximate surface area is 208 Å². The zero-order chi connectivity index (χ0) is 25.8. The van der Waals surface area contributed by atoms with Crippen molar-refractivity contribution >= 4 is 34.1 Å². The number of benzene rings is 1. The van der Waals surface area contributed by atoms with E-state index >= 15 is 0 Å². The number of hydrogen-bond acceptors (Lipinski definition) is 6. The van der Waals surface area contributed by atoms with Crippen molar-refractivity contribution in [3.8, 4) is 6.07 Å². The molecular formula is C23H20ClF4N7O. The topological polar surface area (TPSA) is 90.9 Å². The van der Waals surface area contributed by atoms with Crippen molar-refractivity contribution in [2.24, 2.45) is 11.8 Å². The summed E-state index contributed by atoms with van der Waals surface area (Å²) in [5.41, 5.74) is 0.900. The molecule has 2 aliphatic rings. The van der Waals surface area contributed by atoms with Crippen LogP contribution < -0.4 is 4.90 Å². The van der Waals surface area contributed by atoms with Crippen LogP contribution in [0.25, 0.3) is 10.9 Å². The van der Waals surface area contributed by atoms with E-state index in [2.05, 4.69) is 21.3 Å². The van der Waals surface area contributed by atoms with Gasteiger partial charge >= 0.3 is 6.18 Å². The lowest BCUT2D eigenvalue weighted by atomic mass is 9.85. The Morgan fingerprint density at radius 1 is 1.22 bits per heavy atom. The van der Waals surface area contributed by atoms with E-state index in [0.29, 0.717) is 30.6 Å². The van der Waals surface area contributed by atoms with Crippen LogP contribution in [-0.4, -0.2) is 50.2 Å². The molecule has 0 unspecified atom stereocenters. The fourth-order valence-corrected chi connectivity index (χ4v) is 5.27. The standard InChI is InChI=1S/C23H20ClF4N7O/c1-12-10-33(20-13(8-29)9-30-19-15(20)2-3-16(24)18(19)25)5-4-14(12)21(36)34-6-7-35-17(11-34)31-32-22(35)23(26,27)28/h2-3,9,12,14H,4-7,10-11H2,1H3/t12-,14+/m1/s1. The lowest BCUT2D eigenvalue weighted by Gasteiger charge is -2.40. The SMILES string of the molecule is C[C@@H]1CN(c2c(C#N)cnc3c(F)c(Cl)ccc23)CC[C@@H]1C(=O)N1CCn2c(nnc2C(F)(F)F)C1. The summed E-state index contributed by atoms with van der Waals surface area (Å²) in [5.74, 6) is -2.25. The van der Waals surface area contributed by atoms with Gasteiger partial charge in [0, 0.05) is 43.7 Å². The number of carbonyl (C=O) groups is 1. The van der Waals surface area contributed by atoms with Crippen LogP contribution in [0, 0.1) is 29.0 Å². The summed E-state index contributed by atoms with van der Waals surface area (Å²) in [5, 5.41) is 17.0. The largest absolute Gasteiger partial charge is 0.451 e. The summed E-state index contributed by atoms with van der Waals surface area (Å²) in [7, 11) is 0. The van der Waals surface area contributed by atoms with Gasteiger partial charge in [0.15, 0.2) is 11.6 Å². The van der Waals surface area contributed by atoms with Gasteiger partial charge < -0.3 is 14.4 Å². The van der Waals surface area contributed by atoms with Gasteiger partial charge in [-0.2, -0.15) is 18.4 Å². The number of fused-ring (bicyclic) bond motifs is 2. The van der Waals surface area contributed by atoms with Crippen LogP contribution >= 0.6 is 11.6 Å². The van der Waals surface area contributed by atoms with Crippen LogP contribution in [0.1, 0.15) is 30.6 Å². The number of nitrogens with zero attached hydrogens (tertiary/aromatic N) is 7. The molecule has 1 aromatic carbocycles. The molecule has 0 bridgehead atoms. The molecule has 1 fully saturated rings. The average Bonchev–Trinajstić information content (AvgIpc) is 3.29. The van der Waals surface area contributed by atoms with Crippen molar-refractivity contribution in [3.63, 3.8) is 0 Å². The van der Waals surface area contributed by atoms with Crippen molar-refractivity contribution < 1.29 is 22.4 Å². The minimum atomic E-state index is -4.60. The zero-order valence-electron chi connectivity index (χ0n) is 19.1. The maximum absolute atomic E-state index is 14.6. The second-order valence-electron chi connectivity index (χ2n) is 9.06. The van der Waals surface area contributed by atoms with Crippen LogP contribution in [0.5, 0.6) is 0 Å². The van der Waals surface area contributed by atoms with Gasteiger partial charge in [0.2, 0.25) is 11.7 Å². The first-order valence-electron chi connectivity index (χ1n) is 11.3. The number of anilines is 1. The number of aromatic nitrogens is 4. The molecule has 0 spiro atoms. The first kappa shape index (κ1) is 24.2. The molecule has 1 amide bonds. The predicted molar refractivity (Wildman–Crippen MR) is 121 cm³/mol. The van der Waals surface area contributed by atoms with Crippen molar-refractivity contribution in [2.75, 3.05) is 24.5 Å². The Balaban J connectivity index is 1.35. The highest BCUT2D eigenvalue weighted by Crippen LogP contribution is 2.37. The number of halogens is 5. The summed E-state index contributed by atoms with van der Waals surface area (Å²) in [6, 6.07) is 5.16. The minimum Gasteiger partial charge on any atom is -0.370 e. The molecule has 2 aromatic heterocycles. The number of amides is 1. The Hall–Kier alpha value is -3.46. The molecule has 2 aliphatic heterocycles. The van der Waals surface area contributed by atoms with Crippen molar-refractivity contribution in [3.05, 3.63) is 46.4 Å². The summed E-state index contributed by atoms with van der Waals surface area (Å²) in [6.45, 7) is 2.84. The fourth-order valence-electron chi connectivity index (χ4n) is 5.12. The summed E-state index contributed by atoms with van der Waals surface area (Å²) in [4.78, 5) is 20.9. The molecule has 13 heteroatoms. The normalized spacial score (nSPS) is 20.4. The molecule has 0 saturated carbocycles. The number of carbonyl (C=O) groups excluding carboxylic acids is 1. The van der Waals surface area contributed by atoms with Crippen LogP contribution in [0.4, 0.5) is 23.2 Å². The first-order valence-corrected chi connectivity index (χ1v) is 11.7. The van der Waals surface area contributed by atoms with E-state index in [1.54, 1.807) is 6.07 Å². The highest BCUT2D eigenvalue weighted by Gasteiger charge is 2.41. The van der Waals surface area contributed by atoms with Crippen molar-refractivity contribution in [1.82, 2.24) is 24.6 Å². The third kappa shape index (κ3) is 4.01. The number of piperidine rings is 1. The molecule has 0 aliphatic carbocycles. The lowest BCUT2D eigenvalue weighted by molar-refractivity contribution is -0.148. The summed E-state index contributed by atoms with van der Waals surface area (Å²) < 4.78 is 54.9. The van der Waals surface area contributed by atoms with E-state index < -0.39 is 17.8 Å². The van der Waals surface area contributed by atoms with E-state index in [9.17, 15) is 27.6 Å². The van der Waals surface area contributed by atoms with E-state index in [1.165, 1.54) is 17.2 Å². The molecule has 188 valence electrons. The van der Waals surface area contributed by atoms with Gasteiger partial charge in [0.1, 0.15) is 11.6 Å². The van der Waals surface area contributed by atoms with Crippen molar-refractivity contribution in [2.45, 2.75) is 32.6 Å². The van der Waals surface area contributed by atoms with E-state index in [-0.39, 0.29) is 59.3 Å². The minimum absolute atomic E-state index is 0.0290. The van der Waals surface area contributed by atoms with Gasteiger partial charge in [-0.25, -0.2) is 4.39 Å². The van der Waals surface area contributed by atoms with Gasteiger partial charge in [-0.15, -0.1) is 10.2 Å². The molecule has 2 atom stereocenters. The van der Waals surface area contributed by atoms with Crippen LogP contribution in [-0.2, 0) is 24.1 Å². The Bertz CT molecular complexity index is 1400. The fraction of sp³-hybridized carbons (Fsp3) is 0.435. The van der Waals surface area contributed by atoms with Crippen molar-refractivity contribution in [1.29, 1.82) is 5.26 Å². The van der Waals surface area contributed by atoms with Crippen LogP contribution in [0.3, 0.4) is 0 Å². The van der Waals surface area contributed by atoms with E-state index in [4.69, 9.17) is 11.6 Å².